The lowest BCUT2D eigenvalue weighted by molar-refractivity contribution is 0.102. The molecule has 0 spiro atoms. The molecule has 2 fully saturated rings. The molecule has 2 aliphatic rings. The quantitative estimate of drug-likeness (QED) is 0.394. The van der Waals surface area contributed by atoms with Crippen LogP contribution in [0.5, 0.6) is 0 Å². The number of nitrogens with zero attached hydrogens (tertiary/aromatic N) is 6. The third-order valence-corrected chi connectivity index (χ3v) is 7.08. The average Bonchev–Trinajstić information content (AvgIpc) is 3.54. The minimum Gasteiger partial charge on any atom is -0.369 e. The van der Waals surface area contributed by atoms with Crippen molar-refractivity contribution in [1.29, 1.82) is 0 Å². The van der Waals surface area contributed by atoms with Gasteiger partial charge in [-0.3, -0.25) is 19.1 Å². The van der Waals surface area contributed by atoms with Gasteiger partial charge in [-0.15, -0.1) is 5.92 Å². The topological polar surface area (TPSA) is 114 Å². The molecule has 6 rings (SSSR count). The Morgan fingerprint density at radius 3 is 2.76 bits per heavy atom. The van der Waals surface area contributed by atoms with Crippen LogP contribution in [-0.4, -0.2) is 54.8 Å². The number of rotatable bonds is 6. The van der Waals surface area contributed by atoms with E-state index in [1.54, 1.807) is 30.7 Å². The maximum atomic E-state index is 12.9. The minimum absolute atomic E-state index is 0.254. The molecule has 5 heterocycles. The third-order valence-electron chi connectivity index (χ3n) is 7.08. The summed E-state index contributed by atoms with van der Waals surface area (Å²) < 4.78 is 1.85. The summed E-state index contributed by atoms with van der Waals surface area (Å²) in [4.78, 5) is 33.3. The van der Waals surface area contributed by atoms with Gasteiger partial charge in [0.2, 0.25) is 5.95 Å². The smallest absolute Gasteiger partial charge is 0.258 e. The lowest BCUT2D eigenvalue weighted by Gasteiger charge is -2.11. The van der Waals surface area contributed by atoms with Crippen LogP contribution in [0, 0.1) is 11.8 Å². The Kier molecular flexibility index (Phi) is 6.02. The molecule has 1 saturated heterocycles. The monoisotopic (exact) mass is 492 g/mol. The summed E-state index contributed by atoms with van der Waals surface area (Å²) in [6.07, 6.45) is 8.40. The molecule has 4 aromatic heterocycles. The molecule has 37 heavy (non-hydrogen) atoms. The third kappa shape index (κ3) is 4.63. The molecule has 1 amide bonds. The second-order valence-corrected chi connectivity index (χ2v) is 9.63. The molecule has 1 aliphatic carbocycles. The molecule has 4 aromatic rings. The van der Waals surface area contributed by atoms with E-state index in [0.717, 1.165) is 37.3 Å². The zero-order valence-corrected chi connectivity index (χ0v) is 20.7. The Hall–Kier alpha value is -4.29. The number of carbonyl (C=O) groups is 1. The number of anilines is 2. The Balaban J connectivity index is 1.26. The second kappa shape index (κ2) is 9.64. The van der Waals surface area contributed by atoms with Crippen LogP contribution in [-0.2, 0) is 0 Å². The largest absolute Gasteiger partial charge is 0.369 e. The molecular weight excluding hydrogens is 464 g/mol. The minimum atomic E-state index is -0.254. The zero-order chi connectivity index (χ0) is 25.4. The van der Waals surface area contributed by atoms with Crippen LogP contribution in [0.1, 0.15) is 59.6 Å². The molecule has 1 saturated carbocycles. The van der Waals surface area contributed by atoms with Gasteiger partial charge in [0.05, 0.1) is 23.3 Å². The van der Waals surface area contributed by atoms with Crippen LogP contribution in [0.15, 0.2) is 48.9 Å². The van der Waals surface area contributed by atoms with Crippen LogP contribution in [0.2, 0.25) is 0 Å². The van der Waals surface area contributed by atoms with Crippen molar-refractivity contribution in [1.82, 2.24) is 29.2 Å². The first-order valence-corrected chi connectivity index (χ1v) is 12.6. The normalized spacial score (nSPS) is 17.5. The van der Waals surface area contributed by atoms with Crippen LogP contribution in [0.25, 0.3) is 17.0 Å². The number of nitrogens with two attached hydrogens (primary N) is 1. The molecule has 9 nitrogen and oxygen atoms in total. The average molecular weight is 493 g/mol. The maximum Gasteiger partial charge on any atom is 0.258 e. The summed E-state index contributed by atoms with van der Waals surface area (Å²) in [6.45, 7) is 4.50. The highest BCUT2D eigenvalue weighted by molar-refractivity contribution is 6.03. The number of nitrogen functional groups attached to an aromatic ring is 1. The maximum absolute atomic E-state index is 12.9. The van der Waals surface area contributed by atoms with Gasteiger partial charge in [-0.25, -0.2) is 15.0 Å². The number of likely N-dealkylation sites (tertiary alicyclic amines) is 1. The first-order chi connectivity index (χ1) is 18.1. The predicted molar refractivity (Wildman–Crippen MR) is 142 cm³/mol. The Labute approximate surface area is 215 Å². The summed E-state index contributed by atoms with van der Waals surface area (Å²) in [5.41, 5.74) is 10.5. The number of hydrogen-bond acceptors (Lipinski definition) is 7. The van der Waals surface area contributed by atoms with Gasteiger partial charge in [0, 0.05) is 31.1 Å². The van der Waals surface area contributed by atoms with Crippen molar-refractivity contribution < 1.29 is 4.79 Å². The number of pyridine rings is 2. The SMILES string of the molecule is CC#CCN1CCC(c2nc(-c3ccc(C(=O)Nc4cc(C5CC5)ccn4)cn3)n3c(N)nccc23)C1. The van der Waals surface area contributed by atoms with E-state index >= 15 is 0 Å². The lowest BCUT2D eigenvalue weighted by Crippen LogP contribution is -2.20. The van der Waals surface area contributed by atoms with Crippen molar-refractivity contribution in [3.63, 3.8) is 0 Å². The van der Waals surface area contributed by atoms with Gasteiger partial charge in [0.15, 0.2) is 5.82 Å². The summed E-state index contributed by atoms with van der Waals surface area (Å²) in [7, 11) is 0. The highest BCUT2D eigenvalue weighted by atomic mass is 16.1. The molecule has 186 valence electrons. The van der Waals surface area contributed by atoms with Crippen molar-refractivity contribution in [3.8, 4) is 23.4 Å². The highest BCUT2D eigenvalue weighted by Crippen LogP contribution is 2.40. The Morgan fingerprint density at radius 2 is 1.97 bits per heavy atom. The first kappa shape index (κ1) is 23.1. The molecular formula is C28H28N8O. The number of nitrogens with one attached hydrogen (secondary N) is 1. The van der Waals surface area contributed by atoms with Crippen molar-refractivity contribution in [2.24, 2.45) is 0 Å². The van der Waals surface area contributed by atoms with Crippen LogP contribution in [0.4, 0.5) is 11.8 Å². The van der Waals surface area contributed by atoms with Gasteiger partial charge in [-0.2, -0.15) is 0 Å². The van der Waals surface area contributed by atoms with E-state index in [2.05, 4.69) is 37.0 Å². The Morgan fingerprint density at radius 1 is 1.11 bits per heavy atom. The lowest BCUT2D eigenvalue weighted by atomic mass is 10.0. The summed E-state index contributed by atoms with van der Waals surface area (Å²) >= 11 is 0. The number of carbonyl (C=O) groups excluding carboxylic acids is 1. The Bertz CT molecular complexity index is 1530. The van der Waals surface area contributed by atoms with Gasteiger partial charge in [0.25, 0.3) is 5.91 Å². The van der Waals surface area contributed by atoms with E-state index in [-0.39, 0.29) is 11.8 Å². The summed E-state index contributed by atoms with van der Waals surface area (Å²) in [5, 5.41) is 2.88. The summed E-state index contributed by atoms with van der Waals surface area (Å²) in [6, 6.07) is 9.45. The fourth-order valence-electron chi connectivity index (χ4n) is 4.98. The van der Waals surface area contributed by atoms with E-state index < -0.39 is 0 Å². The van der Waals surface area contributed by atoms with Gasteiger partial charge in [-0.05, 0) is 74.5 Å². The van der Waals surface area contributed by atoms with Crippen molar-refractivity contribution in [2.45, 2.75) is 38.0 Å². The first-order valence-electron chi connectivity index (χ1n) is 12.6. The van der Waals surface area contributed by atoms with E-state index in [4.69, 9.17) is 10.7 Å². The summed E-state index contributed by atoms with van der Waals surface area (Å²) in [5.74, 6) is 8.25. The number of imidazole rings is 1. The zero-order valence-electron chi connectivity index (χ0n) is 20.7. The molecule has 1 atom stereocenters. The van der Waals surface area contributed by atoms with Crippen LogP contribution >= 0.6 is 0 Å². The standard InChI is InChI=1S/C28H28N8O/c1-2-3-13-35-14-10-21(17-35)25-23-9-12-31-28(29)36(23)26(34-25)22-7-6-20(16-32-22)27(37)33-24-15-19(8-11-30-24)18-4-5-18/h6-9,11-12,15-16,18,21H,4-5,10,13-14,17H2,1H3,(H2,29,31)(H,30,33,37). The van der Waals surface area contributed by atoms with Crippen molar-refractivity contribution in [3.05, 3.63) is 65.7 Å². The molecule has 1 unspecified atom stereocenters. The molecule has 0 aromatic carbocycles. The van der Waals surface area contributed by atoms with Crippen LogP contribution < -0.4 is 11.1 Å². The van der Waals surface area contributed by atoms with E-state index in [1.165, 1.54) is 18.4 Å². The number of fused-ring (bicyclic) bond motifs is 1. The van der Waals surface area contributed by atoms with E-state index in [0.29, 0.717) is 34.8 Å². The van der Waals surface area contributed by atoms with Gasteiger partial charge >= 0.3 is 0 Å². The molecule has 0 bridgehead atoms. The fourth-order valence-corrected chi connectivity index (χ4v) is 4.98. The molecule has 1 aliphatic heterocycles. The number of amides is 1. The van der Waals surface area contributed by atoms with E-state index in [9.17, 15) is 4.79 Å². The van der Waals surface area contributed by atoms with Gasteiger partial charge < -0.3 is 11.1 Å². The van der Waals surface area contributed by atoms with Crippen molar-refractivity contribution >= 4 is 23.2 Å². The number of aromatic nitrogens is 5. The number of hydrogen-bond donors (Lipinski definition) is 2. The highest BCUT2D eigenvalue weighted by Gasteiger charge is 2.29. The van der Waals surface area contributed by atoms with Gasteiger partial charge in [0.1, 0.15) is 11.5 Å². The second-order valence-electron chi connectivity index (χ2n) is 9.63. The fraction of sp³-hybridized carbons (Fsp3) is 0.321. The van der Waals surface area contributed by atoms with Crippen molar-refractivity contribution in [2.75, 3.05) is 30.7 Å². The predicted octanol–water partition coefficient (Wildman–Crippen LogP) is 3.71. The van der Waals surface area contributed by atoms with E-state index in [1.807, 2.05) is 29.5 Å². The van der Waals surface area contributed by atoms with Gasteiger partial charge in [-0.1, -0.05) is 5.92 Å². The molecule has 3 N–H and O–H groups in total. The molecule has 0 radical (unpaired) electrons. The molecule has 9 heteroatoms. The van der Waals surface area contributed by atoms with Crippen LogP contribution in [0.3, 0.4) is 0 Å².